The Balaban J connectivity index is 1.61. The number of halogens is 1. The Labute approximate surface area is 185 Å². The first kappa shape index (κ1) is 20.9. The van der Waals surface area contributed by atoms with Crippen LogP contribution in [-0.2, 0) is 4.79 Å². The van der Waals surface area contributed by atoms with Crippen molar-refractivity contribution in [3.05, 3.63) is 53.8 Å². The molecule has 0 atom stereocenters. The van der Waals surface area contributed by atoms with Crippen LogP contribution >= 0.6 is 23.4 Å². The van der Waals surface area contributed by atoms with Crippen molar-refractivity contribution in [3.63, 3.8) is 0 Å². The van der Waals surface area contributed by atoms with Crippen LogP contribution in [0.2, 0.25) is 5.02 Å². The van der Waals surface area contributed by atoms with E-state index in [0.29, 0.717) is 33.7 Å². The van der Waals surface area contributed by atoms with E-state index in [2.05, 4.69) is 29.0 Å². The minimum Gasteiger partial charge on any atom is -0.339 e. The molecule has 156 valence electrons. The third-order valence-electron chi connectivity index (χ3n) is 4.85. The van der Waals surface area contributed by atoms with Crippen LogP contribution in [0.4, 0.5) is 0 Å². The molecule has 3 aromatic rings. The van der Waals surface area contributed by atoms with Gasteiger partial charge in [-0.15, -0.1) is 10.2 Å². The summed E-state index contributed by atoms with van der Waals surface area (Å²) in [6.07, 6.45) is 5.67. The van der Waals surface area contributed by atoms with Crippen molar-refractivity contribution in [1.29, 1.82) is 0 Å². The average molecular weight is 442 g/mol. The summed E-state index contributed by atoms with van der Waals surface area (Å²) in [4.78, 5) is 19.0. The highest BCUT2D eigenvalue weighted by Gasteiger charge is 2.33. The zero-order chi connectivity index (χ0) is 21.1. The normalized spacial score (nSPS) is 13.6. The molecule has 0 spiro atoms. The highest BCUT2D eigenvalue weighted by Crippen LogP contribution is 2.31. The van der Waals surface area contributed by atoms with E-state index < -0.39 is 0 Å². The van der Waals surface area contributed by atoms with Gasteiger partial charge in [0, 0.05) is 41.3 Å². The summed E-state index contributed by atoms with van der Waals surface area (Å²) < 4.78 is 1.97. The third kappa shape index (κ3) is 4.84. The predicted octanol–water partition coefficient (Wildman–Crippen LogP) is 4.72. The Hall–Kier alpha value is -2.38. The first-order valence-corrected chi connectivity index (χ1v) is 11.4. The van der Waals surface area contributed by atoms with E-state index in [-0.39, 0.29) is 5.91 Å². The second kappa shape index (κ2) is 9.18. The molecule has 4 rings (SSSR count). The fraction of sp³-hybridized carbons (Fsp3) is 0.364. The van der Waals surface area contributed by atoms with Gasteiger partial charge in [0.05, 0.1) is 5.75 Å². The fourth-order valence-corrected chi connectivity index (χ4v) is 4.28. The van der Waals surface area contributed by atoms with Crippen molar-refractivity contribution < 1.29 is 4.79 Å². The number of hydrogen-bond acceptors (Lipinski definition) is 5. The minimum atomic E-state index is 0.160. The number of carbonyl (C=O) groups excluding carboxylic acids is 1. The van der Waals surface area contributed by atoms with Crippen molar-refractivity contribution >= 4 is 29.3 Å². The minimum absolute atomic E-state index is 0.160. The van der Waals surface area contributed by atoms with Crippen LogP contribution < -0.4 is 0 Å². The SMILES string of the molecule is CC(C)CN(C(=O)CSc1nnc(-c2ccncc2)n1-c1ccc(Cl)cc1)C1CC1. The maximum atomic E-state index is 12.9. The zero-order valence-corrected chi connectivity index (χ0v) is 18.6. The van der Waals surface area contributed by atoms with E-state index in [1.807, 2.05) is 45.9 Å². The Bertz CT molecular complexity index is 1000. The van der Waals surface area contributed by atoms with Crippen LogP contribution in [0.3, 0.4) is 0 Å². The molecule has 1 fully saturated rings. The number of rotatable bonds is 8. The molecule has 1 aliphatic carbocycles. The number of aromatic nitrogens is 4. The summed E-state index contributed by atoms with van der Waals surface area (Å²) in [6.45, 7) is 5.10. The molecule has 30 heavy (non-hydrogen) atoms. The van der Waals surface area contributed by atoms with Crippen molar-refractivity contribution in [3.8, 4) is 17.1 Å². The molecule has 1 amide bonds. The summed E-state index contributed by atoms with van der Waals surface area (Å²) in [6, 6.07) is 11.7. The molecule has 0 bridgehead atoms. The van der Waals surface area contributed by atoms with Gasteiger partial charge >= 0.3 is 0 Å². The summed E-state index contributed by atoms with van der Waals surface area (Å²) >= 11 is 7.50. The average Bonchev–Trinajstić information content (AvgIpc) is 3.50. The van der Waals surface area contributed by atoms with Gasteiger partial charge in [-0.1, -0.05) is 37.2 Å². The molecular formula is C22H24ClN5OS. The quantitative estimate of drug-likeness (QED) is 0.473. The van der Waals surface area contributed by atoms with Crippen molar-refractivity contribution in [1.82, 2.24) is 24.6 Å². The highest BCUT2D eigenvalue weighted by atomic mass is 35.5. The van der Waals surface area contributed by atoms with Gasteiger partial charge < -0.3 is 4.90 Å². The van der Waals surface area contributed by atoms with E-state index in [4.69, 9.17) is 11.6 Å². The van der Waals surface area contributed by atoms with Gasteiger partial charge in [-0.2, -0.15) is 0 Å². The molecular weight excluding hydrogens is 418 g/mol. The van der Waals surface area contributed by atoms with Gasteiger partial charge in [-0.05, 0) is 55.2 Å². The van der Waals surface area contributed by atoms with Crippen LogP contribution in [0.15, 0.2) is 53.9 Å². The monoisotopic (exact) mass is 441 g/mol. The Morgan fingerprint density at radius 1 is 1.17 bits per heavy atom. The third-order valence-corrected chi connectivity index (χ3v) is 6.02. The Morgan fingerprint density at radius 3 is 2.50 bits per heavy atom. The van der Waals surface area contributed by atoms with Crippen LogP contribution in [0.1, 0.15) is 26.7 Å². The lowest BCUT2D eigenvalue weighted by Crippen LogP contribution is -2.37. The topological polar surface area (TPSA) is 63.9 Å². The molecule has 0 saturated heterocycles. The van der Waals surface area contributed by atoms with Gasteiger partial charge in [0.25, 0.3) is 0 Å². The molecule has 0 radical (unpaired) electrons. The number of hydrogen-bond donors (Lipinski definition) is 0. The number of nitrogens with zero attached hydrogens (tertiary/aromatic N) is 5. The maximum absolute atomic E-state index is 12.9. The molecule has 0 unspecified atom stereocenters. The second-order valence-corrected chi connectivity index (χ2v) is 9.19. The lowest BCUT2D eigenvalue weighted by Gasteiger charge is -2.24. The van der Waals surface area contributed by atoms with Crippen LogP contribution in [0.5, 0.6) is 0 Å². The number of pyridine rings is 1. The molecule has 1 aliphatic rings. The summed E-state index contributed by atoms with van der Waals surface area (Å²) in [5.41, 5.74) is 1.80. The maximum Gasteiger partial charge on any atom is 0.233 e. The van der Waals surface area contributed by atoms with Crippen molar-refractivity contribution in [2.45, 2.75) is 37.9 Å². The Kier molecular flexibility index (Phi) is 6.39. The zero-order valence-electron chi connectivity index (χ0n) is 17.0. The van der Waals surface area contributed by atoms with E-state index in [9.17, 15) is 4.79 Å². The molecule has 6 nitrogen and oxygen atoms in total. The molecule has 8 heteroatoms. The van der Waals surface area contributed by atoms with E-state index >= 15 is 0 Å². The summed E-state index contributed by atoms with van der Waals surface area (Å²) in [5, 5.41) is 10.1. The highest BCUT2D eigenvalue weighted by molar-refractivity contribution is 7.99. The number of benzene rings is 1. The van der Waals surface area contributed by atoms with Crippen LogP contribution in [-0.4, -0.2) is 48.9 Å². The lowest BCUT2D eigenvalue weighted by atomic mass is 10.2. The second-order valence-electron chi connectivity index (χ2n) is 7.81. The number of amides is 1. The van der Waals surface area contributed by atoms with E-state index in [0.717, 1.165) is 30.6 Å². The summed E-state index contributed by atoms with van der Waals surface area (Å²) in [5.74, 6) is 1.66. The fourth-order valence-electron chi connectivity index (χ4n) is 3.32. The summed E-state index contributed by atoms with van der Waals surface area (Å²) in [7, 11) is 0. The predicted molar refractivity (Wildman–Crippen MR) is 120 cm³/mol. The van der Waals surface area contributed by atoms with Gasteiger partial charge in [0.1, 0.15) is 0 Å². The molecule has 1 saturated carbocycles. The van der Waals surface area contributed by atoms with Gasteiger partial charge in [-0.25, -0.2) is 0 Å². The molecule has 0 N–H and O–H groups in total. The smallest absolute Gasteiger partial charge is 0.233 e. The van der Waals surface area contributed by atoms with E-state index in [1.54, 1.807) is 12.4 Å². The number of carbonyl (C=O) groups is 1. The Morgan fingerprint density at radius 2 is 1.87 bits per heavy atom. The first-order valence-electron chi connectivity index (χ1n) is 10.1. The first-order chi connectivity index (χ1) is 14.5. The lowest BCUT2D eigenvalue weighted by molar-refractivity contribution is -0.129. The molecule has 2 heterocycles. The molecule has 0 aliphatic heterocycles. The van der Waals surface area contributed by atoms with Gasteiger partial charge in [0.2, 0.25) is 5.91 Å². The van der Waals surface area contributed by atoms with Gasteiger partial charge in [0.15, 0.2) is 11.0 Å². The number of thioether (sulfide) groups is 1. The largest absolute Gasteiger partial charge is 0.339 e. The van der Waals surface area contributed by atoms with Crippen LogP contribution in [0, 0.1) is 5.92 Å². The van der Waals surface area contributed by atoms with Crippen molar-refractivity contribution in [2.75, 3.05) is 12.3 Å². The van der Waals surface area contributed by atoms with Gasteiger partial charge in [-0.3, -0.25) is 14.3 Å². The molecule has 2 aromatic heterocycles. The van der Waals surface area contributed by atoms with E-state index in [1.165, 1.54) is 11.8 Å². The molecule has 1 aromatic carbocycles. The van der Waals surface area contributed by atoms with Crippen LogP contribution in [0.25, 0.3) is 17.1 Å². The standard InChI is InChI=1S/C22H24ClN5OS/c1-15(2)13-27(18-7-8-18)20(29)14-30-22-26-25-21(16-9-11-24-12-10-16)28(22)19-5-3-17(23)4-6-19/h3-6,9-12,15,18H,7-8,13-14H2,1-2H3. The van der Waals surface area contributed by atoms with Crippen molar-refractivity contribution in [2.24, 2.45) is 5.92 Å².